The second kappa shape index (κ2) is 4.68. The van der Waals surface area contributed by atoms with E-state index in [-0.39, 0.29) is 22.9 Å². The van der Waals surface area contributed by atoms with Gasteiger partial charge in [-0.15, -0.1) is 0 Å². The van der Waals surface area contributed by atoms with Gasteiger partial charge in [-0.25, -0.2) is 4.79 Å². The predicted octanol–water partition coefficient (Wildman–Crippen LogP) is 1.62. The van der Waals surface area contributed by atoms with Crippen molar-refractivity contribution in [3.63, 3.8) is 0 Å². The van der Waals surface area contributed by atoms with E-state index < -0.39 is 5.97 Å². The zero-order valence-corrected chi connectivity index (χ0v) is 10.3. The standard InChI is InChI=1S/C12H19NO3/c1-5-9(11(15)16-6-2)13-10(14)8-7-12(8,3)4/h5,8H,6-7H2,1-4H3,(H,13,14)/b9-5-. The van der Waals surface area contributed by atoms with Gasteiger partial charge in [0.1, 0.15) is 5.70 Å². The van der Waals surface area contributed by atoms with Gasteiger partial charge in [0.2, 0.25) is 5.91 Å². The van der Waals surface area contributed by atoms with Crippen molar-refractivity contribution in [2.75, 3.05) is 6.61 Å². The first-order chi connectivity index (χ1) is 7.42. The molecule has 1 amide bonds. The lowest BCUT2D eigenvalue weighted by molar-refractivity contribution is -0.140. The average Bonchev–Trinajstić information content (AvgIpc) is 2.84. The lowest BCUT2D eigenvalue weighted by Crippen LogP contribution is -2.30. The van der Waals surface area contributed by atoms with E-state index in [2.05, 4.69) is 5.32 Å². The van der Waals surface area contributed by atoms with Gasteiger partial charge >= 0.3 is 5.97 Å². The lowest BCUT2D eigenvalue weighted by atomic mass is 10.1. The molecule has 1 aliphatic carbocycles. The van der Waals surface area contributed by atoms with Crippen LogP contribution in [0.5, 0.6) is 0 Å². The molecule has 4 nitrogen and oxygen atoms in total. The molecule has 1 saturated carbocycles. The molecule has 1 N–H and O–H groups in total. The Morgan fingerprint density at radius 1 is 1.50 bits per heavy atom. The van der Waals surface area contributed by atoms with Gasteiger partial charge in [0.15, 0.2) is 0 Å². The van der Waals surface area contributed by atoms with Crippen molar-refractivity contribution in [1.29, 1.82) is 0 Å². The maximum atomic E-state index is 11.7. The number of carbonyl (C=O) groups is 2. The Morgan fingerprint density at radius 2 is 2.06 bits per heavy atom. The molecule has 1 unspecified atom stereocenters. The van der Waals surface area contributed by atoms with Crippen molar-refractivity contribution in [3.05, 3.63) is 11.8 Å². The van der Waals surface area contributed by atoms with Gasteiger partial charge in [-0.1, -0.05) is 19.9 Å². The third-order valence-corrected chi connectivity index (χ3v) is 2.87. The largest absolute Gasteiger partial charge is 0.461 e. The fraction of sp³-hybridized carbons (Fsp3) is 0.667. The van der Waals surface area contributed by atoms with Crippen LogP contribution in [0.15, 0.2) is 11.8 Å². The predicted molar refractivity (Wildman–Crippen MR) is 60.4 cm³/mol. The van der Waals surface area contributed by atoms with E-state index in [4.69, 9.17) is 4.74 Å². The average molecular weight is 225 g/mol. The van der Waals surface area contributed by atoms with Crippen molar-refractivity contribution in [3.8, 4) is 0 Å². The van der Waals surface area contributed by atoms with Crippen LogP contribution in [-0.4, -0.2) is 18.5 Å². The Balaban J connectivity index is 2.52. The molecule has 90 valence electrons. The summed E-state index contributed by atoms with van der Waals surface area (Å²) in [6, 6.07) is 0. The van der Waals surface area contributed by atoms with Gasteiger partial charge in [-0.2, -0.15) is 0 Å². The molecule has 1 aliphatic rings. The normalized spacial score (nSPS) is 22.5. The molecule has 0 saturated heterocycles. The van der Waals surface area contributed by atoms with Crippen LogP contribution < -0.4 is 5.32 Å². The number of nitrogens with one attached hydrogen (secondary N) is 1. The highest BCUT2D eigenvalue weighted by atomic mass is 16.5. The smallest absolute Gasteiger partial charge is 0.354 e. The minimum atomic E-state index is -0.475. The topological polar surface area (TPSA) is 55.4 Å². The Kier molecular flexibility index (Phi) is 3.73. The molecule has 1 fully saturated rings. The lowest BCUT2D eigenvalue weighted by Gasteiger charge is -2.09. The first kappa shape index (κ1) is 12.7. The van der Waals surface area contributed by atoms with Crippen LogP contribution in [0.25, 0.3) is 0 Å². The van der Waals surface area contributed by atoms with Gasteiger partial charge < -0.3 is 10.1 Å². The Labute approximate surface area is 96.0 Å². The molecule has 0 aromatic heterocycles. The number of hydrogen-bond acceptors (Lipinski definition) is 3. The first-order valence-corrected chi connectivity index (χ1v) is 5.56. The number of carbonyl (C=O) groups excluding carboxylic acids is 2. The molecule has 0 heterocycles. The van der Waals surface area contributed by atoms with Crippen molar-refractivity contribution in [2.24, 2.45) is 11.3 Å². The summed E-state index contributed by atoms with van der Waals surface area (Å²) in [6.45, 7) is 7.82. The third-order valence-electron chi connectivity index (χ3n) is 2.87. The highest BCUT2D eigenvalue weighted by Gasteiger charge is 2.50. The van der Waals surface area contributed by atoms with Crippen molar-refractivity contribution >= 4 is 11.9 Å². The first-order valence-electron chi connectivity index (χ1n) is 5.56. The van der Waals surface area contributed by atoms with E-state index in [1.165, 1.54) is 0 Å². The van der Waals surface area contributed by atoms with Crippen LogP contribution >= 0.6 is 0 Å². The van der Waals surface area contributed by atoms with Gasteiger partial charge in [0, 0.05) is 5.92 Å². The fourth-order valence-electron chi connectivity index (χ4n) is 1.58. The van der Waals surface area contributed by atoms with Gasteiger partial charge in [-0.05, 0) is 25.7 Å². The van der Waals surface area contributed by atoms with Crippen LogP contribution in [0.4, 0.5) is 0 Å². The van der Waals surface area contributed by atoms with Crippen LogP contribution in [0.3, 0.4) is 0 Å². The SMILES string of the molecule is C/C=C(\NC(=O)C1CC1(C)C)C(=O)OCC. The summed E-state index contributed by atoms with van der Waals surface area (Å²) < 4.78 is 4.83. The number of allylic oxidation sites excluding steroid dienone is 1. The quantitative estimate of drug-likeness (QED) is 0.584. The minimum Gasteiger partial charge on any atom is -0.461 e. The summed E-state index contributed by atoms with van der Waals surface area (Å²) in [5.74, 6) is -0.556. The molecule has 1 rings (SSSR count). The Morgan fingerprint density at radius 3 is 2.44 bits per heavy atom. The molecule has 16 heavy (non-hydrogen) atoms. The number of rotatable bonds is 4. The van der Waals surface area contributed by atoms with E-state index in [0.29, 0.717) is 6.61 Å². The highest BCUT2D eigenvalue weighted by Crippen LogP contribution is 2.51. The summed E-state index contributed by atoms with van der Waals surface area (Å²) in [5.41, 5.74) is 0.298. The van der Waals surface area contributed by atoms with Crippen LogP contribution in [0.1, 0.15) is 34.1 Å². The number of hydrogen-bond donors (Lipinski definition) is 1. The molecule has 4 heteroatoms. The molecule has 0 aromatic rings. The van der Waals surface area contributed by atoms with Crippen LogP contribution in [0.2, 0.25) is 0 Å². The molecule has 0 spiro atoms. The molecular formula is C12H19NO3. The van der Waals surface area contributed by atoms with Crippen molar-refractivity contribution in [1.82, 2.24) is 5.32 Å². The molecule has 0 aliphatic heterocycles. The molecule has 0 bridgehead atoms. The minimum absolute atomic E-state index is 0.0110. The van der Waals surface area contributed by atoms with Gasteiger partial charge in [0.25, 0.3) is 0 Å². The fourth-order valence-corrected chi connectivity index (χ4v) is 1.58. The monoisotopic (exact) mass is 225 g/mol. The zero-order valence-electron chi connectivity index (χ0n) is 10.3. The Hall–Kier alpha value is -1.32. The van der Waals surface area contributed by atoms with Crippen LogP contribution in [0, 0.1) is 11.3 Å². The summed E-state index contributed by atoms with van der Waals surface area (Å²) in [5, 5.41) is 2.62. The van der Waals surface area contributed by atoms with E-state index in [1.807, 2.05) is 13.8 Å². The summed E-state index contributed by atoms with van der Waals surface area (Å²) in [7, 11) is 0. The van der Waals surface area contributed by atoms with Crippen LogP contribution in [-0.2, 0) is 14.3 Å². The van der Waals surface area contributed by atoms with Crippen molar-refractivity contribution < 1.29 is 14.3 Å². The number of amides is 1. The molecule has 0 aromatic carbocycles. The second-order valence-corrected chi connectivity index (χ2v) is 4.66. The van der Waals surface area contributed by atoms with E-state index in [1.54, 1.807) is 19.9 Å². The Bertz CT molecular complexity index is 331. The summed E-state index contributed by atoms with van der Waals surface area (Å²) in [4.78, 5) is 23.1. The van der Waals surface area contributed by atoms with Gasteiger partial charge in [0.05, 0.1) is 6.61 Å². The molecule has 0 radical (unpaired) electrons. The highest BCUT2D eigenvalue weighted by molar-refractivity contribution is 5.95. The van der Waals surface area contributed by atoms with Crippen molar-refractivity contribution in [2.45, 2.75) is 34.1 Å². The second-order valence-electron chi connectivity index (χ2n) is 4.66. The maximum Gasteiger partial charge on any atom is 0.354 e. The number of esters is 1. The summed E-state index contributed by atoms with van der Waals surface area (Å²) in [6.07, 6.45) is 2.43. The van der Waals surface area contributed by atoms with E-state index in [0.717, 1.165) is 6.42 Å². The van der Waals surface area contributed by atoms with E-state index in [9.17, 15) is 9.59 Å². The molecule has 1 atom stereocenters. The molecular weight excluding hydrogens is 206 g/mol. The van der Waals surface area contributed by atoms with E-state index >= 15 is 0 Å². The van der Waals surface area contributed by atoms with Gasteiger partial charge in [-0.3, -0.25) is 4.79 Å². The third kappa shape index (κ3) is 2.84. The maximum absolute atomic E-state index is 11.7. The number of ether oxygens (including phenoxy) is 1. The zero-order chi connectivity index (χ0) is 12.3. The summed E-state index contributed by atoms with van der Waals surface area (Å²) >= 11 is 0.